The fourth-order valence-corrected chi connectivity index (χ4v) is 2.22. The normalized spacial score (nSPS) is 11.6. The van der Waals surface area contributed by atoms with Crippen LogP contribution in [0.25, 0.3) is 0 Å². The molecule has 0 radical (unpaired) electrons. The molecule has 0 aromatic carbocycles. The van der Waals surface area contributed by atoms with Crippen LogP contribution in [0.4, 0.5) is 5.95 Å². The molecule has 0 amide bonds. The van der Waals surface area contributed by atoms with E-state index in [0.717, 1.165) is 37.6 Å². The van der Waals surface area contributed by atoms with Crippen LogP contribution in [0.3, 0.4) is 0 Å². The van der Waals surface area contributed by atoms with Gasteiger partial charge in [-0.3, -0.25) is 4.18 Å². The highest BCUT2D eigenvalue weighted by Gasteiger charge is 2.16. The summed E-state index contributed by atoms with van der Waals surface area (Å²) in [5.74, 6) is 0.476. The molecule has 120 valence electrons. The van der Waals surface area contributed by atoms with Crippen molar-refractivity contribution in [3.8, 4) is 0 Å². The van der Waals surface area contributed by atoms with Gasteiger partial charge in [-0.05, 0) is 32.3 Å². The van der Waals surface area contributed by atoms with Crippen LogP contribution in [0.1, 0.15) is 43.6 Å². The van der Waals surface area contributed by atoms with Gasteiger partial charge < -0.3 is 5.32 Å². The number of nitrogens with zero attached hydrogens (tertiary/aromatic N) is 2. The van der Waals surface area contributed by atoms with Crippen LogP contribution in [0.15, 0.2) is 0 Å². The summed E-state index contributed by atoms with van der Waals surface area (Å²) in [6, 6.07) is 0. The molecular weight excluding hydrogens is 294 g/mol. The number of aromatic nitrogens is 2. The lowest BCUT2D eigenvalue weighted by atomic mass is 10.1. The van der Waals surface area contributed by atoms with Crippen molar-refractivity contribution in [1.29, 1.82) is 0 Å². The Labute approximate surface area is 126 Å². The molecule has 0 saturated carbocycles. The zero-order valence-electron chi connectivity index (χ0n) is 13.0. The zero-order valence-corrected chi connectivity index (χ0v) is 13.8. The van der Waals surface area contributed by atoms with Gasteiger partial charge in [0.15, 0.2) is 0 Å². The van der Waals surface area contributed by atoms with Crippen molar-refractivity contribution in [2.75, 3.05) is 19.0 Å². The molecule has 21 heavy (non-hydrogen) atoms. The third-order valence-corrected chi connectivity index (χ3v) is 3.77. The molecule has 0 unspecified atom stereocenters. The summed E-state index contributed by atoms with van der Waals surface area (Å²) in [7, 11) is -2.92. The zero-order chi connectivity index (χ0) is 15.9. The molecule has 7 nitrogen and oxygen atoms in total. The Hall–Kier alpha value is -1.25. The average molecular weight is 317 g/mol. The second kappa shape index (κ2) is 8.26. The molecule has 0 atom stereocenters. The smallest absolute Gasteiger partial charge is 0.354 e. The summed E-state index contributed by atoms with van der Waals surface area (Å²) in [6.07, 6.45) is 2.81. The highest BCUT2D eigenvalue weighted by Crippen LogP contribution is 2.18. The van der Waals surface area contributed by atoms with Crippen LogP contribution in [0, 0.1) is 6.92 Å². The number of aryl methyl sites for hydroxylation is 1. The molecule has 0 fully saturated rings. The second-order valence-corrected chi connectivity index (χ2v) is 5.91. The van der Waals surface area contributed by atoms with Crippen LogP contribution in [-0.4, -0.2) is 32.0 Å². The van der Waals surface area contributed by atoms with E-state index in [2.05, 4.69) is 26.4 Å². The third kappa shape index (κ3) is 5.56. The maximum absolute atomic E-state index is 11.3. The molecule has 1 heterocycles. The van der Waals surface area contributed by atoms with E-state index in [1.165, 1.54) is 0 Å². The average Bonchev–Trinajstić information content (AvgIpc) is 2.44. The minimum Gasteiger partial charge on any atom is -0.354 e. The lowest BCUT2D eigenvalue weighted by Crippen LogP contribution is -2.13. The van der Waals surface area contributed by atoms with Crippen LogP contribution in [-0.2, 0) is 31.8 Å². The van der Waals surface area contributed by atoms with E-state index in [4.69, 9.17) is 4.18 Å². The maximum atomic E-state index is 11.3. The van der Waals surface area contributed by atoms with Crippen molar-refractivity contribution in [3.63, 3.8) is 0 Å². The van der Waals surface area contributed by atoms with E-state index in [1.54, 1.807) is 0 Å². The van der Waals surface area contributed by atoms with Crippen molar-refractivity contribution >= 4 is 16.3 Å². The van der Waals surface area contributed by atoms with E-state index in [0.29, 0.717) is 18.2 Å². The maximum Gasteiger partial charge on any atom is 0.399 e. The van der Waals surface area contributed by atoms with Gasteiger partial charge in [-0.2, -0.15) is 8.42 Å². The summed E-state index contributed by atoms with van der Waals surface area (Å²) in [4.78, 5) is 8.73. The number of anilines is 1. The Morgan fingerprint density at radius 1 is 1.24 bits per heavy atom. The Morgan fingerprint density at radius 2 is 1.95 bits per heavy atom. The summed E-state index contributed by atoms with van der Waals surface area (Å²) < 4.78 is 31.7. The van der Waals surface area contributed by atoms with Crippen LogP contribution in [0.5, 0.6) is 0 Å². The summed E-state index contributed by atoms with van der Waals surface area (Å²) in [6.45, 7) is 6.45. The third-order valence-electron chi connectivity index (χ3n) is 2.96. The van der Waals surface area contributed by atoms with Gasteiger partial charge in [0.25, 0.3) is 0 Å². The van der Waals surface area contributed by atoms with E-state index < -0.39 is 10.4 Å². The second-order valence-electron chi connectivity index (χ2n) is 4.53. The van der Waals surface area contributed by atoms with Crippen molar-refractivity contribution in [2.45, 2.75) is 46.6 Å². The molecule has 1 rings (SSSR count). The van der Waals surface area contributed by atoms with E-state index in [-0.39, 0.29) is 6.61 Å². The summed E-state index contributed by atoms with van der Waals surface area (Å²) in [5.41, 5.74) is 2.35. The Morgan fingerprint density at radius 3 is 2.52 bits per heavy atom. The van der Waals surface area contributed by atoms with Gasteiger partial charge in [0.1, 0.15) is 6.61 Å². The molecule has 0 bridgehead atoms. The Balaban J connectivity index is 3.05. The monoisotopic (exact) mass is 317 g/mol. The summed E-state index contributed by atoms with van der Waals surface area (Å²) >= 11 is 0. The van der Waals surface area contributed by atoms with E-state index in [1.807, 2.05) is 13.8 Å². The van der Waals surface area contributed by atoms with Gasteiger partial charge in [0.05, 0.1) is 12.8 Å². The Bertz CT molecular complexity index is 561. The molecule has 0 aliphatic rings. The predicted octanol–water partition coefficient (Wildman–Crippen LogP) is 1.97. The fraction of sp³-hybridized carbons (Fsp3) is 0.692. The predicted molar refractivity (Wildman–Crippen MR) is 80.3 cm³/mol. The number of rotatable bonds is 9. The standard InChI is InChI=1S/C13H23N3O4S/c1-5-7-8-11-10(3)15-13(14-6-2)16-12(11)9-20-21(17,18)19-4/h5-9H2,1-4H3,(H,14,15,16). The molecule has 1 aromatic rings. The molecule has 0 spiro atoms. The van der Waals surface area contributed by atoms with E-state index >= 15 is 0 Å². The van der Waals surface area contributed by atoms with Gasteiger partial charge in [-0.25, -0.2) is 14.2 Å². The molecule has 0 aliphatic heterocycles. The largest absolute Gasteiger partial charge is 0.399 e. The van der Waals surface area contributed by atoms with E-state index in [9.17, 15) is 8.42 Å². The number of unbranched alkanes of at least 4 members (excludes halogenated alkanes) is 1. The first-order chi connectivity index (χ1) is 9.93. The van der Waals surface area contributed by atoms with Gasteiger partial charge in [0, 0.05) is 12.2 Å². The van der Waals surface area contributed by atoms with Gasteiger partial charge in [0.2, 0.25) is 5.95 Å². The van der Waals surface area contributed by atoms with Crippen LogP contribution in [0.2, 0.25) is 0 Å². The minimum absolute atomic E-state index is 0.156. The SMILES string of the molecule is CCCCc1c(C)nc(NCC)nc1COS(=O)(=O)OC. The van der Waals surface area contributed by atoms with Crippen molar-refractivity contribution in [2.24, 2.45) is 0 Å². The quantitative estimate of drug-likeness (QED) is 0.744. The molecule has 1 N–H and O–H groups in total. The Kier molecular flexibility index (Phi) is 7.00. The molecular formula is C13H23N3O4S. The van der Waals surface area contributed by atoms with Crippen LogP contribution >= 0.6 is 0 Å². The highest BCUT2D eigenvalue weighted by atomic mass is 32.3. The van der Waals surface area contributed by atoms with Gasteiger partial charge in [-0.15, -0.1) is 0 Å². The van der Waals surface area contributed by atoms with Crippen LogP contribution < -0.4 is 5.32 Å². The van der Waals surface area contributed by atoms with Gasteiger partial charge >= 0.3 is 10.4 Å². The molecule has 8 heteroatoms. The van der Waals surface area contributed by atoms with Crippen molar-refractivity contribution in [3.05, 3.63) is 17.0 Å². The lowest BCUT2D eigenvalue weighted by Gasteiger charge is -2.13. The number of hydrogen-bond acceptors (Lipinski definition) is 7. The first kappa shape index (κ1) is 17.8. The fourth-order valence-electron chi connectivity index (χ4n) is 1.87. The molecule has 0 saturated heterocycles. The van der Waals surface area contributed by atoms with Crippen molar-refractivity contribution < 1.29 is 16.8 Å². The minimum atomic E-state index is -3.97. The highest BCUT2D eigenvalue weighted by molar-refractivity contribution is 7.81. The first-order valence-electron chi connectivity index (χ1n) is 6.98. The van der Waals surface area contributed by atoms with Crippen molar-refractivity contribution in [1.82, 2.24) is 9.97 Å². The molecule has 1 aromatic heterocycles. The van der Waals surface area contributed by atoms with Gasteiger partial charge in [-0.1, -0.05) is 13.3 Å². The lowest BCUT2D eigenvalue weighted by molar-refractivity contribution is 0.232. The molecule has 0 aliphatic carbocycles. The number of hydrogen-bond donors (Lipinski definition) is 1. The number of nitrogens with one attached hydrogen (secondary N) is 1. The first-order valence-corrected chi connectivity index (χ1v) is 8.32. The topological polar surface area (TPSA) is 90.4 Å². The summed E-state index contributed by atoms with van der Waals surface area (Å²) in [5, 5.41) is 3.02.